The molecule has 0 N–H and O–H groups in total. The lowest BCUT2D eigenvalue weighted by molar-refractivity contribution is -0.120. The Labute approximate surface area is 198 Å². The highest BCUT2D eigenvalue weighted by Gasteiger charge is 2.22. The smallest absolute Gasteiger partial charge is 0.266 e. The van der Waals surface area contributed by atoms with E-state index in [1.807, 2.05) is 69.6 Å². The Morgan fingerprint density at radius 2 is 1.82 bits per heavy atom. The SMILES string of the molecule is COc1ccc(C)c2sc(N(CCCN(C)C)C(=O)COc3ccc4ccccc4c3)nc12. The van der Waals surface area contributed by atoms with E-state index in [0.29, 0.717) is 23.2 Å². The van der Waals surface area contributed by atoms with Gasteiger partial charge in [-0.2, -0.15) is 0 Å². The molecule has 4 rings (SSSR count). The lowest BCUT2D eigenvalue weighted by Crippen LogP contribution is -2.36. The first kappa shape index (κ1) is 23.0. The Balaban J connectivity index is 1.57. The van der Waals surface area contributed by atoms with Crippen LogP contribution in [0, 0.1) is 6.92 Å². The highest BCUT2D eigenvalue weighted by atomic mass is 32.1. The summed E-state index contributed by atoms with van der Waals surface area (Å²) in [6.07, 6.45) is 0.834. The van der Waals surface area contributed by atoms with Crippen molar-refractivity contribution in [3.05, 3.63) is 60.2 Å². The van der Waals surface area contributed by atoms with Crippen molar-refractivity contribution < 1.29 is 14.3 Å². The molecule has 7 heteroatoms. The van der Waals surface area contributed by atoms with Gasteiger partial charge in [0.15, 0.2) is 11.7 Å². The van der Waals surface area contributed by atoms with Crippen LogP contribution in [0.25, 0.3) is 21.0 Å². The Bertz CT molecular complexity index is 1270. The first-order chi connectivity index (χ1) is 16.0. The molecule has 1 aromatic heterocycles. The van der Waals surface area contributed by atoms with E-state index in [0.717, 1.165) is 39.5 Å². The van der Waals surface area contributed by atoms with E-state index >= 15 is 0 Å². The number of aromatic nitrogens is 1. The van der Waals surface area contributed by atoms with Gasteiger partial charge in [-0.15, -0.1) is 0 Å². The van der Waals surface area contributed by atoms with E-state index in [-0.39, 0.29) is 12.5 Å². The number of thiazole rings is 1. The molecule has 1 amide bonds. The molecule has 0 radical (unpaired) electrons. The van der Waals surface area contributed by atoms with E-state index < -0.39 is 0 Å². The predicted molar refractivity (Wildman–Crippen MR) is 136 cm³/mol. The summed E-state index contributed by atoms with van der Waals surface area (Å²) in [7, 11) is 5.70. The maximum atomic E-state index is 13.3. The van der Waals surface area contributed by atoms with Crippen LogP contribution in [0.1, 0.15) is 12.0 Å². The number of methoxy groups -OCH3 is 1. The third-order valence-electron chi connectivity index (χ3n) is 5.51. The van der Waals surface area contributed by atoms with Gasteiger partial charge in [0.1, 0.15) is 17.0 Å². The van der Waals surface area contributed by atoms with Gasteiger partial charge in [-0.05, 0) is 68.5 Å². The average molecular weight is 464 g/mol. The average Bonchev–Trinajstić information content (AvgIpc) is 3.26. The largest absolute Gasteiger partial charge is 0.494 e. The van der Waals surface area contributed by atoms with Gasteiger partial charge >= 0.3 is 0 Å². The van der Waals surface area contributed by atoms with Crippen molar-refractivity contribution in [3.8, 4) is 11.5 Å². The molecule has 0 aliphatic rings. The van der Waals surface area contributed by atoms with E-state index in [2.05, 4.69) is 11.0 Å². The van der Waals surface area contributed by atoms with Gasteiger partial charge in [0.2, 0.25) is 0 Å². The van der Waals surface area contributed by atoms with Crippen molar-refractivity contribution in [2.45, 2.75) is 13.3 Å². The summed E-state index contributed by atoms with van der Waals surface area (Å²) in [4.78, 5) is 21.9. The minimum Gasteiger partial charge on any atom is -0.494 e. The molecule has 0 aliphatic carbocycles. The van der Waals surface area contributed by atoms with E-state index in [1.165, 1.54) is 11.3 Å². The number of aryl methyl sites for hydroxylation is 1. The van der Waals surface area contributed by atoms with Crippen LogP contribution in [-0.2, 0) is 4.79 Å². The predicted octanol–water partition coefficient (Wildman–Crippen LogP) is 5.13. The first-order valence-electron chi connectivity index (χ1n) is 11.0. The molecule has 0 aliphatic heterocycles. The summed E-state index contributed by atoms with van der Waals surface area (Å²) >= 11 is 1.52. The van der Waals surface area contributed by atoms with Crippen LogP contribution in [-0.4, -0.2) is 56.7 Å². The number of anilines is 1. The fraction of sp³-hybridized carbons (Fsp3) is 0.308. The molecule has 172 valence electrons. The number of benzene rings is 3. The number of amides is 1. The zero-order valence-electron chi connectivity index (χ0n) is 19.5. The molecule has 0 saturated heterocycles. The molecule has 0 unspecified atom stereocenters. The Hall–Kier alpha value is -3.16. The van der Waals surface area contributed by atoms with Crippen LogP contribution >= 0.6 is 11.3 Å². The molecular formula is C26H29N3O3S. The second-order valence-electron chi connectivity index (χ2n) is 8.26. The molecule has 1 heterocycles. The van der Waals surface area contributed by atoms with Crippen molar-refractivity contribution >= 4 is 43.4 Å². The van der Waals surface area contributed by atoms with Gasteiger partial charge in [-0.3, -0.25) is 9.69 Å². The van der Waals surface area contributed by atoms with Crippen LogP contribution in [0.4, 0.5) is 5.13 Å². The summed E-state index contributed by atoms with van der Waals surface area (Å²) in [5, 5.41) is 2.89. The minimum absolute atomic E-state index is 0.0493. The third-order valence-corrected chi connectivity index (χ3v) is 6.73. The van der Waals surface area contributed by atoms with E-state index in [4.69, 9.17) is 14.5 Å². The third kappa shape index (κ3) is 5.26. The van der Waals surface area contributed by atoms with Crippen LogP contribution in [0.3, 0.4) is 0 Å². The highest BCUT2D eigenvalue weighted by molar-refractivity contribution is 7.22. The molecule has 0 fully saturated rings. The number of hydrogen-bond acceptors (Lipinski definition) is 6. The molecule has 4 aromatic rings. The summed E-state index contributed by atoms with van der Waals surface area (Å²) in [5.74, 6) is 1.28. The number of carbonyl (C=O) groups excluding carboxylic acids is 1. The minimum atomic E-state index is -0.113. The maximum absolute atomic E-state index is 13.3. The van der Waals surface area contributed by atoms with Crippen LogP contribution < -0.4 is 14.4 Å². The second-order valence-corrected chi connectivity index (χ2v) is 9.24. The summed E-state index contributed by atoms with van der Waals surface area (Å²) in [5.41, 5.74) is 1.90. The maximum Gasteiger partial charge on any atom is 0.266 e. The number of carbonyl (C=O) groups is 1. The Kier molecular flexibility index (Phi) is 7.11. The zero-order chi connectivity index (χ0) is 23.4. The fourth-order valence-corrected chi connectivity index (χ4v) is 4.83. The highest BCUT2D eigenvalue weighted by Crippen LogP contribution is 2.36. The Morgan fingerprint density at radius 3 is 2.58 bits per heavy atom. The molecule has 0 saturated carbocycles. The van der Waals surface area contributed by atoms with Crippen LogP contribution in [0.15, 0.2) is 54.6 Å². The molecule has 0 bridgehead atoms. The second kappa shape index (κ2) is 10.2. The van der Waals surface area contributed by atoms with Crippen molar-refractivity contribution in [2.24, 2.45) is 0 Å². The van der Waals surface area contributed by atoms with Crippen molar-refractivity contribution in [1.82, 2.24) is 9.88 Å². The van der Waals surface area contributed by atoms with Crippen molar-refractivity contribution in [2.75, 3.05) is 45.8 Å². The molecule has 33 heavy (non-hydrogen) atoms. The van der Waals surface area contributed by atoms with E-state index in [9.17, 15) is 4.79 Å². The van der Waals surface area contributed by atoms with Gasteiger partial charge in [-0.1, -0.05) is 47.7 Å². The standard InChI is InChI=1S/C26H29N3O3S/c1-18-10-13-22(31-4)24-25(18)33-26(27-24)29(15-7-14-28(2)3)23(30)17-32-21-12-11-19-8-5-6-9-20(19)16-21/h5-6,8-13,16H,7,14-15,17H2,1-4H3. The normalized spacial score (nSPS) is 11.3. The fourth-order valence-electron chi connectivity index (χ4n) is 3.73. The number of fused-ring (bicyclic) bond motifs is 2. The van der Waals surface area contributed by atoms with Crippen LogP contribution in [0.5, 0.6) is 11.5 Å². The Morgan fingerprint density at radius 1 is 1.03 bits per heavy atom. The molecule has 3 aromatic carbocycles. The van der Waals surface area contributed by atoms with Crippen molar-refractivity contribution in [3.63, 3.8) is 0 Å². The van der Waals surface area contributed by atoms with Gasteiger partial charge < -0.3 is 14.4 Å². The number of rotatable bonds is 9. The van der Waals surface area contributed by atoms with Gasteiger partial charge in [0.05, 0.1) is 11.8 Å². The molecule has 0 atom stereocenters. The monoisotopic (exact) mass is 463 g/mol. The molecule has 6 nitrogen and oxygen atoms in total. The quantitative estimate of drug-likeness (QED) is 0.344. The number of hydrogen-bond donors (Lipinski definition) is 0. The summed E-state index contributed by atoms with van der Waals surface area (Å²) < 4.78 is 12.4. The van der Waals surface area contributed by atoms with E-state index in [1.54, 1.807) is 12.0 Å². The van der Waals surface area contributed by atoms with Gasteiger partial charge in [0.25, 0.3) is 5.91 Å². The van der Waals surface area contributed by atoms with Gasteiger partial charge in [-0.25, -0.2) is 4.98 Å². The van der Waals surface area contributed by atoms with Crippen LogP contribution in [0.2, 0.25) is 0 Å². The number of ether oxygens (including phenoxy) is 2. The lowest BCUT2D eigenvalue weighted by atomic mass is 10.1. The number of nitrogens with zero attached hydrogens (tertiary/aromatic N) is 3. The lowest BCUT2D eigenvalue weighted by Gasteiger charge is -2.21. The first-order valence-corrected chi connectivity index (χ1v) is 11.8. The molecule has 0 spiro atoms. The zero-order valence-corrected chi connectivity index (χ0v) is 20.3. The summed E-state index contributed by atoms with van der Waals surface area (Å²) in [6.45, 7) is 3.44. The molecular weight excluding hydrogens is 434 g/mol. The summed E-state index contributed by atoms with van der Waals surface area (Å²) in [6, 6.07) is 17.9. The van der Waals surface area contributed by atoms with Crippen molar-refractivity contribution in [1.29, 1.82) is 0 Å². The topological polar surface area (TPSA) is 54.9 Å². The van der Waals surface area contributed by atoms with Gasteiger partial charge in [0, 0.05) is 6.54 Å².